The molecule has 2 aromatic heterocycles. The Morgan fingerprint density at radius 3 is 3.22 bits per heavy atom. The van der Waals surface area contributed by atoms with Crippen molar-refractivity contribution in [3.8, 4) is 0 Å². The number of nitrogens with one attached hydrogen (secondary N) is 2. The third-order valence-corrected chi connectivity index (χ3v) is 3.69. The van der Waals surface area contributed by atoms with Crippen LogP contribution in [0.1, 0.15) is 33.6 Å². The number of carbonyl (C=O) groups is 1. The lowest BCUT2D eigenvalue weighted by Gasteiger charge is -2.03. The van der Waals surface area contributed by atoms with E-state index in [0.29, 0.717) is 10.8 Å². The minimum Gasteiger partial charge on any atom is -0.371 e. The molecule has 1 aliphatic heterocycles. The maximum atomic E-state index is 11.9. The highest BCUT2D eigenvalue weighted by Gasteiger charge is 2.22. The van der Waals surface area contributed by atoms with Crippen LogP contribution in [0.15, 0.2) is 12.5 Å². The Balaban J connectivity index is 1.70. The number of carbonyl (C=O) groups excluding carboxylic acids is 1. The number of hydrogen-bond acceptors (Lipinski definition) is 6. The first-order chi connectivity index (χ1) is 8.83. The second kappa shape index (κ2) is 4.83. The number of rotatable bonds is 3. The number of thiazole rings is 1. The summed E-state index contributed by atoms with van der Waals surface area (Å²) in [6.07, 6.45) is 4.95. The molecule has 1 atom stereocenters. The molecule has 2 N–H and O–H groups in total. The molecule has 2 aromatic rings. The van der Waals surface area contributed by atoms with Crippen molar-refractivity contribution in [3.63, 3.8) is 0 Å². The van der Waals surface area contributed by atoms with E-state index in [4.69, 9.17) is 4.74 Å². The molecule has 1 fully saturated rings. The van der Waals surface area contributed by atoms with E-state index < -0.39 is 0 Å². The highest BCUT2D eigenvalue weighted by atomic mass is 32.1. The van der Waals surface area contributed by atoms with Gasteiger partial charge in [-0.05, 0) is 12.8 Å². The second-order valence-corrected chi connectivity index (χ2v) is 4.91. The lowest BCUT2D eigenvalue weighted by atomic mass is 10.2. The summed E-state index contributed by atoms with van der Waals surface area (Å²) in [7, 11) is 0. The molecule has 8 heteroatoms. The molecule has 1 unspecified atom stereocenters. The zero-order chi connectivity index (χ0) is 12.4. The number of amides is 1. The van der Waals surface area contributed by atoms with Crippen molar-refractivity contribution in [1.82, 2.24) is 20.2 Å². The molecule has 1 amide bonds. The van der Waals surface area contributed by atoms with Gasteiger partial charge in [0.1, 0.15) is 22.3 Å². The fourth-order valence-corrected chi connectivity index (χ4v) is 2.65. The first-order valence-corrected chi connectivity index (χ1v) is 6.38. The summed E-state index contributed by atoms with van der Waals surface area (Å²) in [5.74, 6) is 0.0839. The molecule has 94 valence electrons. The van der Waals surface area contributed by atoms with Gasteiger partial charge in [-0.25, -0.2) is 10.1 Å². The normalized spacial score (nSPS) is 19.0. The van der Waals surface area contributed by atoms with Gasteiger partial charge in [0, 0.05) is 6.61 Å². The molecule has 0 saturated carbocycles. The molecule has 0 radical (unpaired) electrons. The Morgan fingerprint density at radius 1 is 1.56 bits per heavy atom. The van der Waals surface area contributed by atoms with Crippen LogP contribution < -0.4 is 5.32 Å². The minimum atomic E-state index is -0.242. The van der Waals surface area contributed by atoms with Gasteiger partial charge in [0.15, 0.2) is 0 Å². The highest BCUT2D eigenvalue weighted by Crippen LogP contribution is 2.31. The van der Waals surface area contributed by atoms with Crippen LogP contribution in [0.4, 0.5) is 5.95 Å². The fourth-order valence-electron chi connectivity index (χ4n) is 1.75. The largest absolute Gasteiger partial charge is 0.371 e. The lowest BCUT2D eigenvalue weighted by molar-refractivity contribution is 0.102. The number of hydrogen-bond donors (Lipinski definition) is 2. The van der Waals surface area contributed by atoms with Crippen molar-refractivity contribution in [2.75, 3.05) is 11.9 Å². The van der Waals surface area contributed by atoms with Crippen molar-refractivity contribution in [2.24, 2.45) is 0 Å². The van der Waals surface area contributed by atoms with Crippen molar-refractivity contribution in [1.29, 1.82) is 0 Å². The fraction of sp³-hybridized carbons (Fsp3) is 0.400. The predicted octanol–water partition coefficient (Wildman–Crippen LogP) is 1.36. The Labute approximate surface area is 107 Å². The molecule has 1 aliphatic rings. The zero-order valence-corrected chi connectivity index (χ0v) is 10.2. The first kappa shape index (κ1) is 11.3. The molecule has 7 nitrogen and oxygen atoms in total. The summed E-state index contributed by atoms with van der Waals surface area (Å²) in [5, 5.41) is 9.68. The lowest BCUT2D eigenvalue weighted by Crippen LogP contribution is -2.11. The molecular weight excluding hydrogens is 254 g/mol. The van der Waals surface area contributed by atoms with Crippen molar-refractivity contribution >= 4 is 23.2 Å². The van der Waals surface area contributed by atoms with Crippen LogP contribution in [0, 0.1) is 0 Å². The standard InChI is InChI=1S/C10H11N5O2S/c16-8(14-10-12-5-13-15-10)7-4-11-9(18-7)6-2-1-3-17-6/h4-6H,1-3H2,(H2,12,13,14,15,16). The summed E-state index contributed by atoms with van der Waals surface area (Å²) in [5.41, 5.74) is 0. The van der Waals surface area contributed by atoms with Crippen LogP contribution in [0.25, 0.3) is 0 Å². The predicted molar refractivity (Wildman–Crippen MR) is 64.4 cm³/mol. The molecular formula is C10H11N5O2S. The Kier molecular flexibility index (Phi) is 3.03. The minimum absolute atomic E-state index is 0.0434. The van der Waals surface area contributed by atoms with Crippen LogP contribution in [0.5, 0.6) is 0 Å². The van der Waals surface area contributed by atoms with E-state index in [2.05, 4.69) is 25.5 Å². The third-order valence-electron chi connectivity index (χ3n) is 2.60. The second-order valence-electron chi connectivity index (χ2n) is 3.85. The topological polar surface area (TPSA) is 92.8 Å². The number of ether oxygens (including phenoxy) is 1. The SMILES string of the molecule is O=C(Nc1ncn[nH]1)c1cnc(C2CCCO2)s1. The number of aromatic amines is 1. The molecule has 3 rings (SSSR count). The van der Waals surface area contributed by atoms with Crippen molar-refractivity contribution < 1.29 is 9.53 Å². The number of anilines is 1. The maximum Gasteiger partial charge on any atom is 0.269 e. The van der Waals surface area contributed by atoms with E-state index in [-0.39, 0.29) is 12.0 Å². The monoisotopic (exact) mass is 265 g/mol. The van der Waals surface area contributed by atoms with Gasteiger partial charge in [-0.15, -0.1) is 11.3 Å². The van der Waals surface area contributed by atoms with Crippen LogP contribution >= 0.6 is 11.3 Å². The third kappa shape index (κ3) is 2.24. The van der Waals surface area contributed by atoms with Crippen LogP contribution in [-0.4, -0.2) is 32.7 Å². The molecule has 0 bridgehead atoms. The van der Waals surface area contributed by atoms with Gasteiger partial charge < -0.3 is 4.74 Å². The summed E-state index contributed by atoms with van der Waals surface area (Å²) >= 11 is 1.35. The van der Waals surface area contributed by atoms with E-state index in [0.717, 1.165) is 24.5 Å². The van der Waals surface area contributed by atoms with Crippen LogP contribution in [-0.2, 0) is 4.74 Å². The van der Waals surface area contributed by atoms with Gasteiger partial charge >= 0.3 is 0 Å². The van der Waals surface area contributed by atoms with Gasteiger partial charge in [-0.1, -0.05) is 0 Å². The van der Waals surface area contributed by atoms with E-state index in [1.807, 2.05) is 0 Å². The molecule has 0 aliphatic carbocycles. The number of nitrogens with zero attached hydrogens (tertiary/aromatic N) is 3. The van der Waals surface area contributed by atoms with E-state index >= 15 is 0 Å². The number of aromatic nitrogens is 4. The van der Waals surface area contributed by atoms with Gasteiger partial charge in [0.2, 0.25) is 5.95 Å². The van der Waals surface area contributed by atoms with E-state index in [1.165, 1.54) is 17.7 Å². The summed E-state index contributed by atoms with van der Waals surface area (Å²) in [6.45, 7) is 0.768. The Morgan fingerprint density at radius 2 is 2.50 bits per heavy atom. The first-order valence-electron chi connectivity index (χ1n) is 5.57. The maximum absolute atomic E-state index is 11.9. The molecule has 3 heterocycles. The molecule has 0 aromatic carbocycles. The number of H-pyrrole nitrogens is 1. The summed E-state index contributed by atoms with van der Waals surface area (Å²) in [6, 6.07) is 0. The molecule has 0 spiro atoms. The van der Waals surface area contributed by atoms with Gasteiger partial charge in [0.25, 0.3) is 5.91 Å². The Bertz CT molecular complexity index is 532. The quantitative estimate of drug-likeness (QED) is 0.874. The van der Waals surface area contributed by atoms with Crippen molar-refractivity contribution in [2.45, 2.75) is 18.9 Å². The van der Waals surface area contributed by atoms with Gasteiger partial charge in [-0.2, -0.15) is 10.1 Å². The van der Waals surface area contributed by atoms with E-state index in [9.17, 15) is 4.79 Å². The van der Waals surface area contributed by atoms with Gasteiger partial charge in [0.05, 0.1) is 6.20 Å². The van der Waals surface area contributed by atoms with E-state index in [1.54, 1.807) is 6.20 Å². The molecule has 1 saturated heterocycles. The van der Waals surface area contributed by atoms with Gasteiger partial charge in [-0.3, -0.25) is 10.1 Å². The van der Waals surface area contributed by atoms with Crippen LogP contribution in [0.3, 0.4) is 0 Å². The molecule has 18 heavy (non-hydrogen) atoms. The zero-order valence-electron chi connectivity index (χ0n) is 9.42. The van der Waals surface area contributed by atoms with Crippen molar-refractivity contribution in [3.05, 3.63) is 22.4 Å². The Hall–Kier alpha value is -1.80. The van der Waals surface area contributed by atoms with Crippen LogP contribution in [0.2, 0.25) is 0 Å². The summed E-state index contributed by atoms with van der Waals surface area (Å²) in [4.78, 5) is 20.5. The average Bonchev–Trinajstić information content (AvgIpc) is 3.11. The summed E-state index contributed by atoms with van der Waals surface area (Å²) < 4.78 is 5.53. The highest BCUT2D eigenvalue weighted by molar-refractivity contribution is 7.13. The average molecular weight is 265 g/mol. The smallest absolute Gasteiger partial charge is 0.269 e.